The van der Waals surface area contributed by atoms with Gasteiger partial charge in [0.1, 0.15) is 11.5 Å². The van der Waals surface area contributed by atoms with Crippen LogP contribution in [0.3, 0.4) is 0 Å². The van der Waals surface area contributed by atoms with Gasteiger partial charge >= 0.3 is 6.61 Å². The number of halogens is 4. The molecule has 1 saturated carbocycles. The van der Waals surface area contributed by atoms with Gasteiger partial charge in [-0.05, 0) is 91.5 Å². The zero-order valence-corrected chi connectivity index (χ0v) is 19.3. The van der Waals surface area contributed by atoms with Crippen LogP contribution in [-0.2, 0) is 0 Å². The maximum atomic E-state index is 15.0. The molecule has 1 fully saturated rings. The largest absolute Gasteiger partial charge is 0.454 e. The Morgan fingerprint density at radius 1 is 0.853 bits per heavy atom. The Balaban J connectivity index is 1.60. The first kappa shape index (κ1) is 24.1. The number of aryl methyl sites for hydroxylation is 1. The molecule has 3 aromatic rings. The van der Waals surface area contributed by atoms with E-state index in [1.54, 1.807) is 6.07 Å². The third-order valence-corrected chi connectivity index (χ3v) is 6.73. The molecule has 0 aliphatic heterocycles. The molecule has 0 amide bonds. The third kappa shape index (κ3) is 5.37. The topological polar surface area (TPSA) is 18.5 Å². The highest BCUT2D eigenvalue weighted by atomic mass is 19.3. The lowest BCUT2D eigenvalue weighted by Gasteiger charge is -2.28. The molecule has 0 N–H and O–H groups in total. The molecule has 1 aliphatic carbocycles. The highest BCUT2D eigenvalue weighted by Crippen LogP contribution is 2.41. The van der Waals surface area contributed by atoms with Gasteiger partial charge in [-0.25, -0.2) is 4.39 Å². The molecule has 180 valence electrons. The lowest BCUT2D eigenvalue weighted by Crippen LogP contribution is -2.12. The zero-order chi connectivity index (χ0) is 24.2. The van der Waals surface area contributed by atoms with Crippen LogP contribution >= 0.6 is 0 Å². The van der Waals surface area contributed by atoms with Crippen LogP contribution in [-0.4, -0.2) is 6.61 Å². The van der Waals surface area contributed by atoms with Crippen molar-refractivity contribution in [1.29, 1.82) is 0 Å². The number of alkyl halides is 2. The van der Waals surface area contributed by atoms with Crippen molar-refractivity contribution >= 4 is 0 Å². The van der Waals surface area contributed by atoms with Gasteiger partial charge in [-0.2, -0.15) is 13.2 Å². The summed E-state index contributed by atoms with van der Waals surface area (Å²) in [6.07, 6.45) is 6.05. The Morgan fingerprint density at radius 2 is 1.47 bits per heavy atom. The van der Waals surface area contributed by atoms with E-state index in [0.29, 0.717) is 17.0 Å². The maximum absolute atomic E-state index is 15.0. The molecule has 2 nitrogen and oxygen atoms in total. The molecule has 0 aromatic heterocycles. The van der Waals surface area contributed by atoms with Gasteiger partial charge < -0.3 is 9.47 Å². The van der Waals surface area contributed by atoms with Crippen LogP contribution in [0.25, 0.3) is 11.1 Å². The van der Waals surface area contributed by atoms with E-state index < -0.39 is 18.2 Å². The van der Waals surface area contributed by atoms with Crippen LogP contribution in [0.5, 0.6) is 17.2 Å². The summed E-state index contributed by atoms with van der Waals surface area (Å²) in [5.41, 5.74) is 2.56. The summed E-state index contributed by atoms with van der Waals surface area (Å²) in [6, 6.07) is 14.8. The molecular formula is C28H28F4O2. The van der Waals surface area contributed by atoms with Crippen molar-refractivity contribution in [3.8, 4) is 28.4 Å². The number of ether oxygens (including phenoxy) is 2. The SMILES string of the molecule is CC[C@H]1CC[C@H](c2ccc(-c3cc(C)c(F)c(F)c3Oc3ccc(OC(F)F)cc3)cc2)CC1. The minimum absolute atomic E-state index is 0.0540. The Morgan fingerprint density at radius 3 is 2.06 bits per heavy atom. The van der Waals surface area contributed by atoms with Crippen molar-refractivity contribution in [3.63, 3.8) is 0 Å². The number of benzene rings is 3. The predicted octanol–water partition coefficient (Wildman–Crippen LogP) is 9.02. The standard InChI is InChI=1S/C28H28F4O2/c1-3-18-4-6-19(7-5-18)20-8-10-21(11-9-20)24-16-17(2)25(29)26(30)27(24)33-22-12-14-23(15-13-22)34-28(31)32/h8-16,18-19,28H,3-7H2,1-2H3/t18-,19-. The van der Waals surface area contributed by atoms with Crippen molar-refractivity contribution in [3.05, 3.63) is 77.4 Å². The van der Waals surface area contributed by atoms with E-state index in [9.17, 15) is 17.6 Å². The van der Waals surface area contributed by atoms with Gasteiger partial charge in [0, 0.05) is 5.56 Å². The average Bonchev–Trinajstić information content (AvgIpc) is 2.85. The van der Waals surface area contributed by atoms with Gasteiger partial charge in [-0.15, -0.1) is 0 Å². The molecule has 0 unspecified atom stereocenters. The molecule has 0 saturated heterocycles. The maximum Gasteiger partial charge on any atom is 0.387 e. The Labute approximate surface area is 197 Å². The van der Waals surface area contributed by atoms with Crippen LogP contribution in [0.4, 0.5) is 17.6 Å². The van der Waals surface area contributed by atoms with Crippen molar-refractivity contribution < 1.29 is 27.0 Å². The van der Waals surface area contributed by atoms with Crippen molar-refractivity contribution in [1.82, 2.24) is 0 Å². The molecule has 0 radical (unpaired) electrons. The van der Waals surface area contributed by atoms with Crippen molar-refractivity contribution in [2.24, 2.45) is 5.92 Å². The van der Waals surface area contributed by atoms with E-state index in [-0.39, 0.29) is 22.8 Å². The molecule has 4 rings (SSSR count). The summed E-state index contributed by atoms with van der Waals surface area (Å²) < 4.78 is 64.2. The lowest BCUT2D eigenvalue weighted by atomic mass is 9.77. The first-order valence-corrected chi connectivity index (χ1v) is 11.7. The fourth-order valence-corrected chi connectivity index (χ4v) is 4.70. The normalized spacial score (nSPS) is 18.2. The van der Waals surface area contributed by atoms with Crippen LogP contribution in [0.1, 0.15) is 56.1 Å². The molecule has 0 spiro atoms. The van der Waals surface area contributed by atoms with Crippen molar-refractivity contribution in [2.45, 2.75) is 58.5 Å². The van der Waals surface area contributed by atoms with E-state index >= 15 is 0 Å². The second-order valence-electron chi connectivity index (χ2n) is 8.90. The minimum Gasteiger partial charge on any atom is -0.454 e. The average molecular weight is 473 g/mol. The highest BCUT2D eigenvalue weighted by molar-refractivity contribution is 5.72. The Kier molecular flexibility index (Phi) is 7.44. The number of rotatable bonds is 7. The first-order valence-electron chi connectivity index (χ1n) is 11.7. The summed E-state index contributed by atoms with van der Waals surface area (Å²) in [5.74, 6) is -0.868. The lowest BCUT2D eigenvalue weighted by molar-refractivity contribution is -0.0498. The fraction of sp³-hybridized carbons (Fsp3) is 0.357. The number of hydrogen-bond donors (Lipinski definition) is 0. The fourth-order valence-electron chi connectivity index (χ4n) is 4.70. The third-order valence-electron chi connectivity index (χ3n) is 6.73. The summed E-state index contributed by atoms with van der Waals surface area (Å²) in [6.45, 7) is 0.795. The smallest absolute Gasteiger partial charge is 0.387 e. The molecule has 0 atom stereocenters. The quantitative estimate of drug-likeness (QED) is 0.319. The monoisotopic (exact) mass is 472 g/mol. The van der Waals surface area contributed by atoms with Crippen molar-refractivity contribution in [2.75, 3.05) is 0 Å². The Bertz CT molecular complexity index is 1100. The van der Waals surface area contributed by atoms with Crippen LogP contribution in [0.2, 0.25) is 0 Å². The molecule has 1 aliphatic rings. The summed E-state index contributed by atoms with van der Waals surface area (Å²) in [7, 11) is 0. The van der Waals surface area contributed by atoms with Gasteiger partial charge in [-0.1, -0.05) is 37.6 Å². The van der Waals surface area contributed by atoms with Gasteiger partial charge in [0.25, 0.3) is 0 Å². The van der Waals surface area contributed by atoms with Crippen LogP contribution in [0.15, 0.2) is 54.6 Å². The van der Waals surface area contributed by atoms with Gasteiger partial charge in [0.2, 0.25) is 5.82 Å². The van der Waals surface area contributed by atoms with E-state index in [0.717, 1.165) is 5.92 Å². The van der Waals surface area contributed by atoms with E-state index in [1.807, 2.05) is 12.1 Å². The summed E-state index contributed by atoms with van der Waals surface area (Å²) >= 11 is 0. The molecular weight excluding hydrogens is 444 g/mol. The van der Waals surface area contributed by atoms with Gasteiger partial charge in [-0.3, -0.25) is 0 Å². The molecule has 0 bridgehead atoms. The second-order valence-corrected chi connectivity index (χ2v) is 8.90. The van der Waals surface area contributed by atoms with Gasteiger partial charge in [0.15, 0.2) is 11.6 Å². The second kappa shape index (κ2) is 10.5. The van der Waals surface area contributed by atoms with E-state index in [2.05, 4.69) is 23.8 Å². The first-order chi connectivity index (χ1) is 16.4. The van der Waals surface area contributed by atoms with Gasteiger partial charge in [0.05, 0.1) is 0 Å². The minimum atomic E-state index is -2.95. The highest BCUT2D eigenvalue weighted by Gasteiger charge is 2.23. The van der Waals surface area contributed by atoms with E-state index in [1.165, 1.54) is 68.9 Å². The Hall–Kier alpha value is -3.02. The molecule has 0 heterocycles. The summed E-state index contributed by atoms with van der Waals surface area (Å²) in [4.78, 5) is 0. The zero-order valence-electron chi connectivity index (χ0n) is 19.3. The molecule has 34 heavy (non-hydrogen) atoms. The number of hydrogen-bond acceptors (Lipinski definition) is 2. The molecule has 3 aromatic carbocycles. The molecule has 6 heteroatoms. The summed E-state index contributed by atoms with van der Waals surface area (Å²) in [5, 5.41) is 0. The van der Waals surface area contributed by atoms with Crippen LogP contribution < -0.4 is 9.47 Å². The van der Waals surface area contributed by atoms with Crippen LogP contribution in [0, 0.1) is 24.5 Å². The van der Waals surface area contributed by atoms with E-state index in [4.69, 9.17) is 4.74 Å². The predicted molar refractivity (Wildman–Crippen MR) is 125 cm³/mol.